The molecule has 0 atom stereocenters. The van der Waals surface area contributed by atoms with Crippen LogP contribution in [0.25, 0.3) is 0 Å². The molecule has 0 aliphatic heterocycles. The van der Waals surface area contributed by atoms with E-state index in [4.69, 9.17) is 14.6 Å². The average molecular weight is 260 g/mol. The molecule has 1 N–H and O–H groups in total. The molecule has 0 radical (unpaired) electrons. The SMILES string of the molecule is COc1ccc(C(=O)O)cc1Oc1ccnc(C)n1. The lowest BCUT2D eigenvalue weighted by Crippen LogP contribution is -1.99. The van der Waals surface area contributed by atoms with Crippen molar-refractivity contribution >= 4 is 5.97 Å². The number of nitrogens with zero attached hydrogens (tertiary/aromatic N) is 2. The highest BCUT2D eigenvalue weighted by atomic mass is 16.5. The second-order valence-corrected chi connectivity index (χ2v) is 3.71. The summed E-state index contributed by atoms with van der Waals surface area (Å²) in [7, 11) is 1.48. The Morgan fingerprint density at radius 1 is 1.26 bits per heavy atom. The van der Waals surface area contributed by atoms with Crippen molar-refractivity contribution in [2.24, 2.45) is 0 Å². The number of aromatic carboxylic acids is 1. The average Bonchev–Trinajstić information content (AvgIpc) is 2.38. The van der Waals surface area contributed by atoms with Crippen molar-refractivity contribution in [2.45, 2.75) is 6.92 Å². The number of ether oxygens (including phenoxy) is 2. The molecule has 2 rings (SSSR count). The lowest BCUT2D eigenvalue weighted by molar-refractivity contribution is 0.0696. The fourth-order valence-corrected chi connectivity index (χ4v) is 1.49. The third-order valence-corrected chi connectivity index (χ3v) is 2.38. The van der Waals surface area contributed by atoms with Crippen molar-refractivity contribution in [3.63, 3.8) is 0 Å². The van der Waals surface area contributed by atoms with Gasteiger partial charge in [0.2, 0.25) is 5.88 Å². The van der Waals surface area contributed by atoms with Gasteiger partial charge >= 0.3 is 5.97 Å². The molecule has 0 saturated heterocycles. The fraction of sp³-hybridized carbons (Fsp3) is 0.154. The lowest BCUT2D eigenvalue weighted by Gasteiger charge is -2.10. The first-order valence-electron chi connectivity index (χ1n) is 5.49. The van der Waals surface area contributed by atoms with Gasteiger partial charge in [0, 0.05) is 12.3 Å². The van der Waals surface area contributed by atoms with Crippen molar-refractivity contribution in [1.82, 2.24) is 9.97 Å². The first kappa shape index (κ1) is 12.8. The Labute approximate surface area is 109 Å². The number of aromatic nitrogens is 2. The number of carboxylic acids is 1. The van der Waals surface area contributed by atoms with E-state index in [2.05, 4.69) is 9.97 Å². The van der Waals surface area contributed by atoms with Crippen LogP contribution < -0.4 is 9.47 Å². The third kappa shape index (κ3) is 2.98. The zero-order chi connectivity index (χ0) is 13.8. The van der Waals surface area contributed by atoms with Gasteiger partial charge in [-0.05, 0) is 25.1 Å². The summed E-state index contributed by atoms with van der Waals surface area (Å²) in [6.45, 7) is 1.73. The molecular formula is C13H12N2O4. The number of methoxy groups -OCH3 is 1. The van der Waals surface area contributed by atoms with Crippen LogP contribution in [0.3, 0.4) is 0 Å². The van der Waals surface area contributed by atoms with Crippen molar-refractivity contribution in [3.8, 4) is 17.4 Å². The number of rotatable bonds is 4. The van der Waals surface area contributed by atoms with E-state index in [0.717, 1.165) is 0 Å². The maximum Gasteiger partial charge on any atom is 0.335 e. The smallest absolute Gasteiger partial charge is 0.335 e. The molecule has 98 valence electrons. The van der Waals surface area contributed by atoms with Gasteiger partial charge in [-0.15, -0.1) is 0 Å². The number of hydrogen-bond acceptors (Lipinski definition) is 5. The van der Waals surface area contributed by atoms with Crippen LogP contribution in [0.5, 0.6) is 17.4 Å². The summed E-state index contributed by atoms with van der Waals surface area (Å²) in [5, 5.41) is 8.96. The van der Waals surface area contributed by atoms with E-state index in [-0.39, 0.29) is 5.56 Å². The highest BCUT2D eigenvalue weighted by Gasteiger charge is 2.11. The predicted molar refractivity (Wildman–Crippen MR) is 66.8 cm³/mol. The number of benzene rings is 1. The van der Waals surface area contributed by atoms with E-state index in [1.807, 2.05) is 0 Å². The van der Waals surface area contributed by atoms with Crippen LogP contribution >= 0.6 is 0 Å². The summed E-state index contributed by atoms with van der Waals surface area (Å²) in [6, 6.07) is 5.95. The first-order chi connectivity index (χ1) is 9.10. The van der Waals surface area contributed by atoms with Gasteiger partial charge in [0.25, 0.3) is 0 Å². The standard InChI is InChI=1S/C13H12N2O4/c1-8-14-6-5-12(15-8)19-11-7-9(13(16)17)3-4-10(11)18-2/h3-7H,1-2H3,(H,16,17). The summed E-state index contributed by atoms with van der Waals surface area (Å²) in [4.78, 5) is 19.0. The molecule has 2 aromatic rings. The molecule has 1 aromatic heterocycles. The third-order valence-electron chi connectivity index (χ3n) is 2.38. The minimum atomic E-state index is -1.04. The Morgan fingerprint density at radius 3 is 2.68 bits per heavy atom. The van der Waals surface area contributed by atoms with E-state index in [0.29, 0.717) is 23.2 Å². The minimum Gasteiger partial charge on any atom is -0.493 e. The molecule has 0 amide bonds. The monoisotopic (exact) mass is 260 g/mol. The number of carboxylic acid groups (broad SMARTS) is 1. The molecule has 0 spiro atoms. The van der Waals surface area contributed by atoms with E-state index in [9.17, 15) is 4.79 Å². The topological polar surface area (TPSA) is 81.5 Å². The molecule has 0 fully saturated rings. The Kier molecular flexibility index (Phi) is 3.61. The van der Waals surface area contributed by atoms with Crippen molar-refractivity contribution in [3.05, 3.63) is 41.9 Å². The lowest BCUT2D eigenvalue weighted by atomic mass is 10.2. The van der Waals surface area contributed by atoms with Gasteiger partial charge in [-0.3, -0.25) is 0 Å². The van der Waals surface area contributed by atoms with Gasteiger partial charge < -0.3 is 14.6 Å². The normalized spacial score (nSPS) is 10.0. The number of aryl methyl sites for hydroxylation is 1. The Hall–Kier alpha value is -2.63. The molecule has 0 aliphatic rings. The van der Waals surface area contributed by atoms with Gasteiger partial charge in [-0.2, -0.15) is 4.98 Å². The molecule has 6 heteroatoms. The van der Waals surface area contributed by atoms with Gasteiger partial charge in [0.1, 0.15) is 5.82 Å². The molecule has 0 saturated carbocycles. The molecule has 0 unspecified atom stereocenters. The molecule has 1 aromatic carbocycles. The molecule has 6 nitrogen and oxygen atoms in total. The minimum absolute atomic E-state index is 0.113. The first-order valence-corrected chi connectivity index (χ1v) is 5.49. The van der Waals surface area contributed by atoms with Crippen LogP contribution in [-0.4, -0.2) is 28.2 Å². The largest absolute Gasteiger partial charge is 0.493 e. The van der Waals surface area contributed by atoms with Gasteiger partial charge in [-0.1, -0.05) is 0 Å². The Balaban J connectivity index is 2.37. The Bertz CT molecular complexity index is 613. The zero-order valence-corrected chi connectivity index (χ0v) is 10.5. The molecule has 0 aliphatic carbocycles. The number of hydrogen-bond donors (Lipinski definition) is 1. The summed E-state index contributed by atoms with van der Waals surface area (Å²) in [5.74, 6) is 0.576. The molecule has 1 heterocycles. The summed E-state index contributed by atoms with van der Waals surface area (Å²) >= 11 is 0. The maximum absolute atomic E-state index is 10.9. The fourth-order valence-electron chi connectivity index (χ4n) is 1.49. The zero-order valence-electron chi connectivity index (χ0n) is 10.5. The van der Waals surface area contributed by atoms with E-state index < -0.39 is 5.97 Å². The predicted octanol–water partition coefficient (Wildman–Crippen LogP) is 2.28. The van der Waals surface area contributed by atoms with E-state index >= 15 is 0 Å². The second kappa shape index (κ2) is 5.34. The quantitative estimate of drug-likeness (QED) is 0.908. The van der Waals surface area contributed by atoms with Gasteiger partial charge in [0.05, 0.1) is 12.7 Å². The van der Waals surface area contributed by atoms with Crippen molar-refractivity contribution in [1.29, 1.82) is 0 Å². The van der Waals surface area contributed by atoms with Crippen molar-refractivity contribution in [2.75, 3.05) is 7.11 Å². The summed E-state index contributed by atoms with van der Waals surface area (Å²) < 4.78 is 10.7. The Morgan fingerprint density at radius 2 is 2.05 bits per heavy atom. The van der Waals surface area contributed by atoms with E-state index in [1.54, 1.807) is 19.2 Å². The highest BCUT2D eigenvalue weighted by Crippen LogP contribution is 2.31. The summed E-state index contributed by atoms with van der Waals surface area (Å²) in [5.41, 5.74) is 0.113. The molecular weight excluding hydrogens is 248 g/mol. The van der Waals surface area contributed by atoms with Crippen LogP contribution in [0.15, 0.2) is 30.5 Å². The summed E-state index contributed by atoms with van der Waals surface area (Å²) in [6.07, 6.45) is 1.56. The van der Waals surface area contributed by atoms with Crippen molar-refractivity contribution < 1.29 is 19.4 Å². The van der Waals surface area contributed by atoms with Crippen LogP contribution in [0.1, 0.15) is 16.2 Å². The van der Waals surface area contributed by atoms with Crippen LogP contribution in [0.2, 0.25) is 0 Å². The number of carbonyl (C=O) groups is 1. The molecule has 0 bridgehead atoms. The van der Waals surface area contributed by atoms with Crippen LogP contribution in [0, 0.1) is 6.92 Å². The maximum atomic E-state index is 10.9. The molecule has 19 heavy (non-hydrogen) atoms. The van der Waals surface area contributed by atoms with Crippen LogP contribution in [-0.2, 0) is 0 Å². The van der Waals surface area contributed by atoms with Crippen LogP contribution in [0.4, 0.5) is 0 Å². The van der Waals surface area contributed by atoms with E-state index in [1.165, 1.54) is 25.3 Å². The second-order valence-electron chi connectivity index (χ2n) is 3.71. The van der Waals surface area contributed by atoms with Gasteiger partial charge in [-0.25, -0.2) is 9.78 Å². The van der Waals surface area contributed by atoms with Gasteiger partial charge in [0.15, 0.2) is 11.5 Å². The highest BCUT2D eigenvalue weighted by molar-refractivity contribution is 5.88.